The summed E-state index contributed by atoms with van der Waals surface area (Å²) < 4.78 is 0. The first-order valence-corrected chi connectivity index (χ1v) is 7.78. The van der Waals surface area contributed by atoms with Crippen LogP contribution in [0, 0.1) is 6.92 Å². The maximum absolute atomic E-state index is 12.0. The van der Waals surface area contributed by atoms with Gasteiger partial charge in [0.25, 0.3) is 5.91 Å². The molecule has 0 aliphatic carbocycles. The highest BCUT2D eigenvalue weighted by Crippen LogP contribution is 2.18. The van der Waals surface area contributed by atoms with Crippen LogP contribution < -0.4 is 11.1 Å². The molecule has 0 aliphatic heterocycles. The second-order valence-corrected chi connectivity index (χ2v) is 5.73. The number of unbranched alkanes of at least 4 members (excludes halogenated alkanes) is 3. The number of nitrogens with two attached hydrogens (primary N) is 1. The van der Waals surface area contributed by atoms with E-state index < -0.39 is 0 Å². The van der Waals surface area contributed by atoms with E-state index in [0.717, 1.165) is 31.2 Å². The number of carbonyl (C=O) groups is 2. The minimum absolute atomic E-state index is 0. The van der Waals surface area contributed by atoms with E-state index in [-0.39, 0.29) is 24.2 Å². The number of hydrogen-bond donors (Lipinski definition) is 2. The normalized spacial score (nSPS) is 9.91. The van der Waals surface area contributed by atoms with E-state index in [4.69, 9.17) is 5.73 Å². The highest BCUT2D eigenvalue weighted by Gasteiger charge is 2.11. The van der Waals surface area contributed by atoms with E-state index in [1.807, 2.05) is 13.0 Å². The van der Waals surface area contributed by atoms with Gasteiger partial charge in [-0.2, -0.15) is 0 Å². The topological polar surface area (TPSA) is 75.4 Å². The van der Waals surface area contributed by atoms with E-state index >= 15 is 0 Å². The number of halogens is 1. The number of amides is 2. The molecular weight excluding hydrogens is 314 g/mol. The molecule has 0 aromatic heterocycles. The monoisotopic (exact) mass is 341 g/mol. The van der Waals surface area contributed by atoms with E-state index in [1.54, 1.807) is 26.2 Å². The van der Waals surface area contributed by atoms with Crippen LogP contribution in [0.3, 0.4) is 0 Å². The molecule has 0 spiro atoms. The molecule has 130 valence electrons. The van der Waals surface area contributed by atoms with Gasteiger partial charge in [-0.3, -0.25) is 9.59 Å². The molecule has 0 unspecified atom stereocenters. The Morgan fingerprint density at radius 3 is 2.39 bits per heavy atom. The summed E-state index contributed by atoms with van der Waals surface area (Å²) in [5.74, 6) is -0.0809. The number of anilines is 1. The maximum atomic E-state index is 12.0. The Labute approximate surface area is 145 Å². The Kier molecular flexibility index (Phi) is 10.3. The summed E-state index contributed by atoms with van der Waals surface area (Å²) in [6, 6.07) is 5.37. The van der Waals surface area contributed by atoms with Crippen LogP contribution in [-0.2, 0) is 4.79 Å². The molecule has 1 aromatic rings. The molecule has 3 N–H and O–H groups in total. The van der Waals surface area contributed by atoms with Gasteiger partial charge in [-0.25, -0.2) is 0 Å². The van der Waals surface area contributed by atoms with Crippen molar-refractivity contribution in [3.8, 4) is 0 Å². The molecule has 0 fully saturated rings. The second-order valence-electron chi connectivity index (χ2n) is 5.73. The molecule has 5 nitrogen and oxygen atoms in total. The summed E-state index contributed by atoms with van der Waals surface area (Å²) in [5, 5.41) is 2.90. The third-order valence-corrected chi connectivity index (χ3v) is 3.52. The van der Waals surface area contributed by atoms with E-state index in [9.17, 15) is 9.59 Å². The standard InChI is InChI=1S/C17H27N3O2.ClH/c1-13-9-10-14(17(22)20(2)3)12-15(13)19-16(21)8-6-4-5-7-11-18;/h9-10,12H,4-8,11,18H2,1-3H3,(H,19,21);1H. The first-order chi connectivity index (χ1) is 10.5. The molecule has 0 aliphatic rings. The van der Waals surface area contributed by atoms with E-state index in [2.05, 4.69) is 5.32 Å². The number of aryl methyl sites for hydroxylation is 1. The van der Waals surface area contributed by atoms with Crippen LogP contribution in [0.15, 0.2) is 18.2 Å². The number of rotatable bonds is 8. The van der Waals surface area contributed by atoms with Crippen molar-refractivity contribution in [2.45, 2.75) is 39.0 Å². The zero-order valence-corrected chi connectivity index (χ0v) is 15.0. The fraction of sp³-hybridized carbons (Fsp3) is 0.529. The summed E-state index contributed by atoms with van der Waals surface area (Å²) in [6.07, 6.45) is 4.45. The van der Waals surface area contributed by atoms with Crippen molar-refractivity contribution in [2.24, 2.45) is 5.73 Å². The SMILES string of the molecule is Cc1ccc(C(=O)N(C)C)cc1NC(=O)CCCCCCN.Cl. The zero-order chi connectivity index (χ0) is 16.5. The van der Waals surface area contributed by atoms with Crippen LogP contribution >= 0.6 is 12.4 Å². The van der Waals surface area contributed by atoms with E-state index in [1.165, 1.54) is 4.90 Å². The van der Waals surface area contributed by atoms with Crippen molar-refractivity contribution in [3.05, 3.63) is 29.3 Å². The summed E-state index contributed by atoms with van der Waals surface area (Å²) in [5.41, 5.74) is 7.68. The lowest BCUT2D eigenvalue weighted by Crippen LogP contribution is -2.22. The predicted octanol–water partition coefficient (Wildman–Crippen LogP) is 2.97. The number of nitrogens with one attached hydrogen (secondary N) is 1. The van der Waals surface area contributed by atoms with Crippen molar-refractivity contribution < 1.29 is 9.59 Å². The average molecular weight is 342 g/mol. The second kappa shape index (κ2) is 11.0. The molecular formula is C17H28ClN3O2. The van der Waals surface area contributed by atoms with Crippen LogP contribution in [0.2, 0.25) is 0 Å². The lowest BCUT2D eigenvalue weighted by atomic mass is 10.1. The predicted molar refractivity (Wildman–Crippen MR) is 97.2 cm³/mol. The quantitative estimate of drug-likeness (QED) is 0.714. The molecule has 0 saturated heterocycles. The fourth-order valence-electron chi connectivity index (χ4n) is 2.14. The molecule has 0 heterocycles. The Hall–Kier alpha value is -1.59. The van der Waals surface area contributed by atoms with Crippen LogP contribution in [0.25, 0.3) is 0 Å². The lowest BCUT2D eigenvalue weighted by Gasteiger charge is -2.13. The first kappa shape index (κ1) is 21.4. The van der Waals surface area contributed by atoms with Gasteiger partial charge in [0.2, 0.25) is 5.91 Å². The van der Waals surface area contributed by atoms with Crippen LogP contribution in [0.5, 0.6) is 0 Å². The van der Waals surface area contributed by atoms with Gasteiger partial charge in [-0.05, 0) is 44.0 Å². The smallest absolute Gasteiger partial charge is 0.253 e. The van der Waals surface area contributed by atoms with Gasteiger partial charge in [0.05, 0.1) is 0 Å². The Bertz CT molecular complexity index is 519. The molecule has 23 heavy (non-hydrogen) atoms. The van der Waals surface area contributed by atoms with Crippen molar-refractivity contribution in [1.82, 2.24) is 4.90 Å². The minimum atomic E-state index is -0.0720. The third kappa shape index (κ3) is 7.48. The molecule has 0 saturated carbocycles. The van der Waals surface area contributed by atoms with Crippen molar-refractivity contribution in [1.29, 1.82) is 0 Å². The Balaban J connectivity index is 0.00000484. The highest BCUT2D eigenvalue weighted by atomic mass is 35.5. The maximum Gasteiger partial charge on any atom is 0.253 e. The van der Waals surface area contributed by atoms with Gasteiger partial charge in [-0.15, -0.1) is 12.4 Å². The van der Waals surface area contributed by atoms with Crippen LogP contribution in [0.4, 0.5) is 5.69 Å². The highest BCUT2D eigenvalue weighted by molar-refractivity contribution is 5.97. The molecule has 1 aromatic carbocycles. The molecule has 6 heteroatoms. The van der Waals surface area contributed by atoms with Gasteiger partial charge in [0, 0.05) is 31.8 Å². The Morgan fingerprint density at radius 1 is 1.13 bits per heavy atom. The summed E-state index contributed by atoms with van der Waals surface area (Å²) in [6.45, 7) is 2.62. The summed E-state index contributed by atoms with van der Waals surface area (Å²) in [4.78, 5) is 25.5. The van der Waals surface area contributed by atoms with Crippen molar-refractivity contribution in [2.75, 3.05) is 26.0 Å². The number of hydrogen-bond acceptors (Lipinski definition) is 3. The summed E-state index contributed by atoms with van der Waals surface area (Å²) in [7, 11) is 3.42. The minimum Gasteiger partial charge on any atom is -0.345 e. The molecule has 0 radical (unpaired) electrons. The van der Waals surface area contributed by atoms with Gasteiger partial charge < -0.3 is 16.0 Å². The summed E-state index contributed by atoms with van der Waals surface area (Å²) >= 11 is 0. The molecule has 1 rings (SSSR count). The van der Waals surface area contributed by atoms with Crippen LogP contribution in [-0.4, -0.2) is 37.4 Å². The number of nitrogens with zero attached hydrogens (tertiary/aromatic N) is 1. The number of carbonyl (C=O) groups excluding carboxylic acids is 2. The molecule has 0 bridgehead atoms. The van der Waals surface area contributed by atoms with Gasteiger partial charge in [0.15, 0.2) is 0 Å². The van der Waals surface area contributed by atoms with Crippen LogP contribution in [0.1, 0.15) is 48.0 Å². The third-order valence-electron chi connectivity index (χ3n) is 3.52. The van der Waals surface area contributed by atoms with Crippen molar-refractivity contribution >= 4 is 29.9 Å². The molecule has 2 amide bonds. The van der Waals surface area contributed by atoms with Gasteiger partial charge >= 0.3 is 0 Å². The zero-order valence-electron chi connectivity index (χ0n) is 14.2. The average Bonchev–Trinajstić information content (AvgIpc) is 2.48. The first-order valence-electron chi connectivity index (χ1n) is 7.78. The lowest BCUT2D eigenvalue weighted by molar-refractivity contribution is -0.116. The largest absolute Gasteiger partial charge is 0.345 e. The Morgan fingerprint density at radius 2 is 1.78 bits per heavy atom. The van der Waals surface area contributed by atoms with Gasteiger partial charge in [0.1, 0.15) is 0 Å². The van der Waals surface area contributed by atoms with Crippen molar-refractivity contribution in [3.63, 3.8) is 0 Å². The number of benzene rings is 1. The van der Waals surface area contributed by atoms with E-state index in [0.29, 0.717) is 24.2 Å². The molecule has 0 atom stereocenters. The van der Waals surface area contributed by atoms with Gasteiger partial charge in [-0.1, -0.05) is 18.9 Å². The fourth-order valence-corrected chi connectivity index (χ4v) is 2.14.